The van der Waals surface area contributed by atoms with Gasteiger partial charge in [-0.2, -0.15) is 17.7 Å². The van der Waals surface area contributed by atoms with E-state index in [1.807, 2.05) is 0 Å². The molecular weight excluding hydrogens is 420 g/mol. The highest BCUT2D eigenvalue weighted by Crippen LogP contribution is 2.64. The van der Waals surface area contributed by atoms with Crippen molar-refractivity contribution in [2.75, 3.05) is 13.1 Å². The van der Waals surface area contributed by atoms with E-state index in [0.29, 0.717) is 19.3 Å². The summed E-state index contributed by atoms with van der Waals surface area (Å²) < 4.78 is 84.4. The van der Waals surface area contributed by atoms with Crippen molar-refractivity contribution in [3.8, 4) is 17.2 Å². The van der Waals surface area contributed by atoms with E-state index in [0.717, 1.165) is 18.2 Å². The molecule has 4 rings (SSSR count). The predicted octanol–water partition coefficient (Wildman–Crippen LogP) is 2.55. The van der Waals surface area contributed by atoms with Gasteiger partial charge in [-0.25, -0.2) is 9.53 Å². The third-order valence-electron chi connectivity index (χ3n) is 5.42. The fraction of sp³-hybridized carbons (Fsp3) is 0.500. The molecule has 1 spiro atoms. The Morgan fingerprint density at radius 1 is 1.28 bits per heavy atom. The van der Waals surface area contributed by atoms with Gasteiger partial charge in [0.05, 0.1) is 5.56 Å². The van der Waals surface area contributed by atoms with Crippen molar-refractivity contribution < 1.29 is 35.2 Å². The molecule has 0 bridgehead atoms. The Balaban J connectivity index is 1.53. The summed E-state index contributed by atoms with van der Waals surface area (Å²) in [6.45, 7) is 0.543. The molecule has 13 heteroatoms. The minimum Gasteiger partial charge on any atom is -0.405 e. The summed E-state index contributed by atoms with van der Waals surface area (Å²) in [4.78, 5) is 4.14. The molecular formula is C16H16F4N4O4S. The van der Waals surface area contributed by atoms with Gasteiger partial charge in [-0.05, 0) is 42.9 Å². The molecule has 1 aliphatic heterocycles. The first kappa shape index (κ1) is 20.0. The number of aromatic nitrogens is 2. The quantitative estimate of drug-likeness (QED) is 0.738. The molecule has 1 aromatic carbocycles. The normalized spacial score (nSPS) is 22.0. The van der Waals surface area contributed by atoms with Crippen LogP contribution in [0.1, 0.15) is 31.0 Å². The van der Waals surface area contributed by atoms with Crippen LogP contribution in [0, 0.1) is 11.2 Å². The monoisotopic (exact) mass is 436 g/mol. The molecule has 2 N–H and O–H groups in total. The van der Waals surface area contributed by atoms with E-state index in [2.05, 4.69) is 14.9 Å². The zero-order valence-corrected chi connectivity index (χ0v) is 15.6. The topological polar surface area (TPSA) is 112 Å². The second-order valence-corrected chi connectivity index (χ2v) is 8.76. The lowest BCUT2D eigenvalue weighted by atomic mass is 9.92. The number of piperidine rings is 1. The van der Waals surface area contributed by atoms with E-state index >= 15 is 0 Å². The van der Waals surface area contributed by atoms with Crippen molar-refractivity contribution in [3.63, 3.8) is 0 Å². The maximum absolute atomic E-state index is 13.6. The van der Waals surface area contributed by atoms with E-state index in [1.54, 1.807) is 0 Å². The minimum absolute atomic E-state index is 0.122. The number of benzene rings is 1. The number of rotatable bonds is 4. The molecule has 29 heavy (non-hydrogen) atoms. The van der Waals surface area contributed by atoms with Crippen LogP contribution in [0.2, 0.25) is 0 Å². The zero-order chi connectivity index (χ0) is 21.0. The average Bonchev–Trinajstić information content (AvgIpc) is 3.08. The predicted molar refractivity (Wildman–Crippen MR) is 90.1 cm³/mol. The number of ether oxygens (including phenoxy) is 1. The molecule has 0 unspecified atom stereocenters. The molecule has 1 atom stereocenters. The Kier molecular flexibility index (Phi) is 4.59. The summed E-state index contributed by atoms with van der Waals surface area (Å²) >= 11 is 0. The van der Waals surface area contributed by atoms with Gasteiger partial charge in [0.25, 0.3) is 16.1 Å². The number of hydrogen-bond donors (Lipinski definition) is 1. The van der Waals surface area contributed by atoms with Crippen molar-refractivity contribution >= 4 is 10.2 Å². The number of nitrogens with zero attached hydrogens (tertiary/aromatic N) is 3. The Morgan fingerprint density at radius 3 is 2.59 bits per heavy atom. The lowest BCUT2D eigenvalue weighted by Gasteiger charge is -2.30. The van der Waals surface area contributed by atoms with Crippen molar-refractivity contribution in [1.82, 2.24) is 14.4 Å². The summed E-state index contributed by atoms with van der Waals surface area (Å²) in [6, 6.07) is 2.49. The first-order valence-corrected chi connectivity index (χ1v) is 10.1. The molecule has 8 nitrogen and oxygen atoms in total. The van der Waals surface area contributed by atoms with Gasteiger partial charge in [0.1, 0.15) is 11.6 Å². The average molecular weight is 436 g/mol. The highest BCUT2D eigenvalue weighted by Gasteiger charge is 2.58. The Labute approximate surface area is 162 Å². The molecule has 2 heterocycles. The molecule has 2 aromatic rings. The zero-order valence-electron chi connectivity index (χ0n) is 14.8. The Bertz CT molecular complexity index is 1030. The molecule has 1 saturated heterocycles. The highest BCUT2D eigenvalue weighted by molar-refractivity contribution is 7.86. The van der Waals surface area contributed by atoms with E-state index in [1.165, 1.54) is 4.31 Å². The molecule has 1 aromatic heterocycles. The summed E-state index contributed by atoms with van der Waals surface area (Å²) in [7, 11) is -3.74. The van der Waals surface area contributed by atoms with Crippen molar-refractivity contribution in [3.05, 3.63) is 29.8 Å². The van der Waals surface area contributed by atoms with Gasteiger partial charge < -0.3 is 9.26 Å². The first-order valence-electron chi connectivity index (χ1n) is 8.64. The third kappa shape index (κ3) is 4.07. The van der Waals surface area contributed by atoms with Crippen molar-refractivity contribution in [2.45, 2.75) is 31.5 Å². The third-order valence-corrected chi connectivity index (χ3v) is 6.50. The molecule has 158 valence electrons. The molecule has 2 aliphatic rings. The van der Waals surface area contributed by atoms with Gasteiger partial charge in [0.2, 0.25) is 0 Å². The fourth-order valence-electron chi connectivity index (χ4n) is 3.82. The molecule has 0 radical (unpaired) electrons. The van der Waals surface area contributed by atoms with Crippen LogP contribution in [-0.2, 0) is 10.2 Å². The van der Waals surface area contributed by atoms with Crippen LogP contribution >= 0.6 is 0 Å². The van der Waals surface area contributed by atoms with Crippen molar-refractivity contribution in [1.29, 1.82) is 0 Å². The van der Waals surface area contributed by atoms with Gasteiger partial charge in [0.15, 0.2) is 5.82 Å². The molecule has 2 fully saturated rings. The van der Waals surface area contributed by atoms with Crippen LogP contribution in [0.4, 0.5) is 17.6 Å². The second-order valence-electron chi connectivity index (χ2n) is 7.21. The number of hydrogen-bond acceptors (Lipinski definition) is 6. The van der Waals surface area contributed by atoms with E-state index in [-0.39, 0.29) is 41.7 Å². The highest BCUT2D eigenvalue weighted by atomic mass is 32.2. The van der Waals surface area contributed by atoms with E-state index in [9.17, 15) is 26.0 Å². The summed E-state index contributed by atoms with van der Waals surface area (Å²) in [5, 5.41) is 8.98. The maximum Gasteiger partial charge on any atom is 0.573 e. The van der Waals surface area contributed by atoms with Gasteiger partial charge in [-0.1, -0.05) is 5.16 Å². The Morgan fingerprint density at radius 2 is 1.97 bits per heavy atom. The SMILES string of the molecule is NS(=O)(=O)N1CCC2(CC1)C[C@H]2c1noc(-c2cc(F)ccc2OC(F)(F)F)n1. The summed E-state index contributed by atoms with van der Waals surface area (Å²) in [6.07, 6.45) is -3.16. The van der Waals surface area contributed by atoms with Crippen LogP contribution in [0.3, 0.4) is 0 Å². The lowest BCUT2D eigenvalue weighted by molar-refractivity contribution is -0.274. The maximum atomic E-state index is 13.6. The number of nitrogens with two attached hydrogens (primary N) is 1. The van der Waals surface area contributed by atoms with Crippen LogP contribution in [0.15, 0.2) is 22.7 Å². The smallest absolute Gasteiger partial charge is 0.405 e. The number of alkyl halides is 3. The van der Waals surface area contributed by atoms with Crippen LogP contribution in [0.25, 0.3) is 11.5 Å². The van der Waals surface area contributed by atoms with Gasteiger partial charge in [0, 0.05) is 19.0 Å². The largest absolute Gasteiger partial charge is 0.573 e. The molecule has 0 amide bonds. The Hall–Kier alpha value is -2.25. The van der Waals surface area contributed by atoms with E-state index < -0.39 is 28.1 Å². The fourth-order valence-corrected chi connectivity index (χ4v) is 4.51. The van der Waals surface area contributed by atoms with Crippen molar-refractivity contribution in [2.24, 2.45) is 10.6 Å². The summed E-state index contributed by atoms with van der Waals surface area (Å²) in [5.41, 5.74) is -0.505. The van der Waals surface area contributed by atoms with Crippen LogP contribution in [0.5, 0.6) is 5.75 Å². The number of halogens is 4. The van der Waals surface area contributed by atoms with Crippen LogP contribution in [-0.4, -0.2) is 42.3 Å². The lowest BCUT2D eigenvalue weighted by Crippen LogP contribution is -2.43. The molecule has 1 saturated carbocycles. The van der Waals surface area contributed by atoms with Gasteiger partial charge >= 0.3 is 6.36 Å². The van der Waals surface area contributed by atoms with Crippen LogP contribution < -0.4 is 9.88 Å². The van der Waals surface area contributed by atoms with Gasteiger partial charge in [-0.3, -0.25) is 0 Å². The van der Waals surface area contributed by atoms with E-state index in [4.69, 9.17) is 9.66 Å². The summed E-state index contributed by atoms with van der Waals surface area (Å²) in [5.74, 6) is -1.56. The molecule has 1 aliphatic carbocycles. The van der Waals surface area contributed by atoms with Gasteiger partial charge in [-0.15, -0.1) is 13.2 Å². The minimum atomic E-state index is -4.96. The second kappa shape index (κ2) is 6.64. The standard InChI is InChI=1S/C16H16F4N4O4S/c17-9-1-2-12(27-16(18,19)20)10(7-9)14-22-13(23-28-14)11-8-15(11)3-5-24(6-4-15)29(21,25)26/h1-2,7,11H,3-6,8H2,(H2,21,25,26)/t11-/m0/s1. The first-order chi connectivity index (χ1) is 13.5.